The molecule has 3 unspecified atom stereocenters. The molecule has 4 heterocycles. The second-order valence-corrected chi connectivity index (χ2v) is 12.3. The number of nitrogens with zero attached hydrogens (tertiary/aromatic N) is 3. The summed E-state index contributed by atoms with van der Waals surface area (Å²) in [4.78, 5) is 47.2. The van der Waals surface area contributed by atoms with Gasteiger partial charge in [0.15, 0.2) is 0 Å². The lowest BCUT2D eigenvalue weighted by Crippen LogP contribution is -2.57. The van der Waals surface area contributed by atoms with Crippen LogP contribution in [0.25, 0.3) is 0 Å². The molecule has 10 nitrogen and oxygen atoms in total. The van der Waals surface area contributed by atoms with Crippen LogP contribution in [-0.4, -0.2) is 126 Å². The zero-order valence-corrected chi connectivity index (χ0v) is 25.0. The first kappa shape index (κ1) is 31.2. The van der Waals surface area contributed by atoms with Crippen molar-refractivity contribution in [3.05, 3.63) is 25.3 Å². The van der Waals surface area contributed by atoms with E-state index in [-0.39, 0.29) is 29.9 Å². The van der Waals surface area contributed by atoms with Crippen molar-refractivity contribution in [3.8, 4) is 0 Å². The van der Waals surface area contributed by atoms with E-state index in [0.29, 0.717) is 65.1 Å². The number of hydrogen-bond acceptors (Lipinski definition) is 8. The van der Waals surface area contributed by atoms with Gasteiger partial charge in [-0.1, -0.05) is 28.1 Å². The Balaban J connectivity index is 1.57. The number of unbranched alkanes of at least 4 members (excludes halogenated alkanes) is 3. The topological polar surface area (TPSA) is 109 Å². The van der Waals surface area contributed by atoms with E-state index in [0.717, 1.165) is 25.9 Å². The molecule has 224 valence electrons. The molecule has 1 spiro atoms. The molecule has 0 aromatic carbocycles. The SMILES string of the molecule is C=CCCCCOC(=O)[C@H]1[C@@H]2OC3(CC2Br)C(C(=O)N(CC=C)CCN2CCOCC2)N(CCCCO)C(=O)[C@H]13. The summed E-state index contributed by atoms with van der Waals surface area (Å²) in [5, 5.41) is 9.38. The highest BCUT2D eigenvalue weighted by Crippen LogP contribution is 2.60. The van der Waals surface area contributed by atoms with Gasteiger partial charge in [0.1, 0.15) is 11.6 Å². The summed E-state index contributed by atoms with van der Waals surface area (Å²) in [5.41, 5.74) is -1.11. The van der Waals surface area contributed by atoms with Crippen molar-refractivity contribution in [2.75, 3.05) is 65.7 Å². The number of aliphatic hydroxyl groups is 1. The van der Waals surface area contributed by atoms with Gasteiger partial charge < -0.3 is 29.1 Å². The van der Waals surface area contributed by atoms with E-state index in [1.807, 2.05) is 6.08 Å². The van der Waals surface area contributed by atoms with Crippen LogP contribution >= 0.6 is 15.9 Å². The summed E-state index contributed by atoms with van der Waals surface area (Å²) in [6, 6.07) is -0.858. The number of halogens is 1. The van der Waals surface area contributed by atoms with Crippen LogP contribution in [0.3, 0.4) is 0 Å². The first-order valence-electron chi connectivity index (χ1n) is 14.6. The van der Waals surface area contributed by atoms with Gasteiger partial charge in [0, 0.05) is 50.7 Å². The summed E-state index contributed by atoms with van der Waals surface area (Å²) in [6.45, 7) is 12.6. The number of likely N-dealkylation sites (tertiary alicyclic amines) is 1. The third-order valence-corrected chi connectivity index (χ3v) is 9.45. The molecule has 40 heavy (non-hydrogen) atoms. The highest BCUT2D eigenvalue weighted by Gasteiger charge is 2.77. The lowest BCUT2D eigenvalue weighted by Gasteiger charge is -2.38. The minimum Gasteiger partial charge on any atom is -0.465 e. The molecule has 0 radical (unpaired) electrons. The maximum absolute atomic E-state index is 14.3. The molecular formula is C29H44BrN3O7. The molecule has 0 aliphatic carbocycles. The average Bonchev–Trinajstić information content (AvgIpc) is 3.54. The third kappa shape index (κ3) is 6.33. The van der Waals surface area contributed by atoms with E-state index in [4.69, 9.17) is 14.2 Å². The van der Waals surface area contributed by atoms with Gasteiger partial charge in [-0.3, -0.25) is 19.3 Å². The first-order valence-corrected chi connectivity index (χ1v) is 15.5. The molecular weight excluding hydrogens is 582 g/mol. The highest BCUT2D eigenvalue weighted by molar-refractivity contribution is 9.09. The molecule has 4 aliphatic rings. The van der Waals surface area contributed by atoms with Crippen LogP contribution in [0.5, 0.6) is 0 Å². The van der Waals surface area contributed by atoms with Gasteiger partial charge in [-0.15, -0.1) is 13.2 Å². The zero-order valence-electron chi connectivity index (χ0n) is 23.4. The lowest BCUT2D eigenvalue weighted by atomic mass is 9.70. The number of morpholine rings is 1. The third-order valence-electron chi connectivity index (χ3n) is 8.60. The maximum Gasteiger partial charge on any atom is 0.312 e. The number of carbonyl (C=O) groups is 3. The van der Waals surface area contributed by atoms with Crippen molar-refractivity contribution in [2.24, 2.45) is 11.8 Å². The van der Waals surface area contributed by atoms with Gasteiger partial charge >= 0.3 is 5.97 Å². The van der Waals surface area contributed by atoms with E-state index in [1.165, 1.54) is 0 Å². The van der Waals surface area contributed by atoms with Crippen molar-refractivity contribution >= 4 is 33.7 Å². The van der Waals surface area contributed by atoms with Gasteiger partial charge in [0.2, 0.25) is 11.8 Å². The van der Waals surface area contributed by atoms with Crippen molar-refractivity contribution < 1.29 is 33.7 Å². The van der Waals surface area contributed by atoms with Gasteiger partial charge in [0.05, 0.1) is 37.8 Å². The Labute approximate surface area is 245 Å². The second-order valence-electron chi connectivity index (χ2n) is 11.1. The minimum atomic E-state index is -1.11. The van der Waals surface area contributed by atoms with Gasteiger partial charge in [-0.05, 0) is 38.5 Å². The second kappa shape index (κ2) is 14.4. The molecule has 0 aromatic heterocycles. The minimum absolute atomic E-state index is 0.000204. The monoisotopic (exact) mass is 625 g/mol. The van der Waals surface area contributed by atoms with Crippen LogP contribution in [0, 0.1) is 11.8 Å². The largest absolute Gasteiger partial charge is 0.465 e. The average molecular weight is 627 g/mol. The van der Waals surface area contributed by atoms with Crippen molar-refractivity contribution in [3.63, 3.8) is 0 Å². The van der Waals surface area contributed by atoms with E-state index in [9.17, 15) is 19.5 Å². The molecule has 2 bridgehead atoms. The summed E-state index contributed by atoms with van der Waals surface area (Å²) in [7, 11) is 0. The molecule has 11 heteroatoms. The smallest absolute Gasteiger partial charge is 0.312 e. The summed E-state index contributed by atoms with van der Waals surface area (Å²) in [6.07, 6.45) is 6.94. The summed E-state index contributed by atoms with van der Waals surface area (Å²) < 4.78 is 17.7. The quantitative estimate of drug-likeness (QED) is 0.120. The normalized spacial score (nSPS) is 31.3. The van der Waals surface area contributed by atoms with Crippen molar-refractivity contribution in [1.29, 1.82) is 0 Å². The van der Waals surface area contributed by atoms with Crippen LogP contribution in [0.15, 0.2) is 25.3 Å². The molecule has 0 aromatic rings. The fraction of sp³-hybridized carbons (Fsp3) is 0.759. The number of ether oxygens (including phenoxy) is 3. The fourth-order valence-corrected chi connectivity index (χ4v) is 7.62. The van der Waals surface area contributed by atoms with E-state index in [1.54, 1.807) is 15.9 Å². The Kier molecular flexibility index (Phi) is 11.2. The zero-order chi connectivity index (χ0) is 28.7. The van der Waals surface area contributed by atoms with Crippen molar-refractivity contribution in [1.82, 2.24) is 14.7 Å². The molecule has 4 saturated heterocycles. The Morgan fingerprint density at radius 3 is 2.62 bits per heavy atom. The molecule has 4 rings (SSSR count). The summed E-state index contributed by atoms with van der Waals surface area (Å²) >= 11 is 3.70. The lowest BCUT2D eigenvalue weighted by molar-refractivity contribution is -0.155. The number of esters is 1. The van der Waals surface area contributed by atoms with E-state index in [2.05, 4.69) is 34.0 Å². The Morgan fingerprint density at radius 1 is 1.15 bits per heavy atom. The standard InChI is InChI=1S/C29H44BrN3O7/c1-3-5-6-9-17-39-28(37)22-23-26(35)33(11-7-8-16-34)25(29(23)20-21(30)24(22)40-29)27(36)32(10-4-2)13-12-31-14-18-38-19-15-31/h3-4,21-25,34H,1-2,5-20H2/t21?,22-,23+,24-,25?,29?/m1/s1. The maximum atomic E-state index is 14.3. The van der Waals surface area contributed by atoms with Crippen LogP contribution in [0.4, 0.5) is 0 Å². The molecule has 0 saturated carbocycles. The van der Waals surface area contributed by atoms with Gasteiger partial charge in [0.25, 0.3) is 0 Å². The number of rotatable bonds is 16. The van der Waals surface area contributed by atoms with Gasteiger partial charge in [-0.2, -0.15) is 0 Å². The Hall–Kier alpha value is -1.79. The number of alkyl halides is 1. The highest BCUT2D eigenvalue weighted by atomic mass is 79.9. The van der Waals surface area contributed by atoms with E-state index >= 15 is 0 Å². The predicted molar refractivity (Wildman–Crippen MR) is 153 cm³/mol. The molecule has 2 amide bonds. The van der Waals surface area contributed by atoms with E-state index < -0.39 is 35.6 Å². The molecule has 1 N–H and O–H groups in total. The Bertz CT molecular complexity index is 929. The number of carbonyl (C=O) groups excluding carboxylic acids is 3. The predicted octanol–water partition coefficient (Wildman–Crippen LogP) is 1.75. The molecule has 4 aliphatic heterocycles. The molecule has 6 atom stereocenters. The Morgan fingerprint density at radius 2 is 1.93 bits per heavy atom. The number of amides is 2. The van der Waals surface area contributed by atoms with Gasteiger partial charge in [-0.25, -0.2) is 0 Å². The fourth-order valence-electron chi connectivity index (χ4n) is 6.68. The van der Waals surface area contributed by atoms with Crippen LogP contribution in [0.1, 0.15) is 38.5 Å². The number of allylic oxidation sites excluding steroid dienone is 1. The van der Waals surface area contributed by atoms with Crippen LogP contribution in [0.2, 0.25) is 0 Å². The number of aliphatic hydroxyl groups excluding tert-OH is 1. The van der Waals surface area contributed by atoms with Crippen LogP contribution in [-0.2, 0) is 28.6 Å². The number of fused-ring (bicyclic) bond motifs is 1. The number of hydrogen-bond donors (Lipinski definition) is 1. The van der Waals surface area contributed by atoms with Crippen molar-refractivity contribution in [2.45, 2.75) is 61.1 Å². The molecule has 4 fully saturated rings. The first-order chi connectivity index (χ1) is 19.4. The van der Waals surface area contributed by atoms with Crippen LogP contribution < -0.4 is 0 Å². The summed E-state index contributed by atoms with van der Waals surface area (Å²) in [5.74, 6) is -2.42.